The highest BCUT2D eigenvalue weighted by Gasteiger charge is 2.28. The normalized spacial score (nSPS) is 16.4. The molecule has 8 nitrogen and oxygen atoms in total. The molecule has 1 amide bonds. The van der Waals surface area contributed by atoms with E-state index in [4.69, 9.17) is 16.3 Å². The number of aliphatic hydroxyl groups is 1. The van der Waals surface area contributed by atoms with Crippen molar-refractivity contribution in [3.8, 4) is 0 Å². The molecule has 1 aromatic carbocycles. The number of rotatable bonds is 7. The van der Waals surface area contributed by atoms with Gasteiger partial charge in [0.1, 0.15) is 22.3 Å². The Morgan fingerprint density at radius 3 is 2.71 bits per heavy atom. The van der Waals surface area contributed by atoms with E-state index in [1.165, 1.54) is 13.8 Å². The molecule has 1 atom stereocenters. The van der Waals surface area contributed by atoms with E-state index >= 15 is 0 Å². The van der Waals surface area contributed by atoms with Crippen LogP contribution in [0.4, 0.5) is 24.7 Å². The van der Waals surface area contributed by atoms with Crippen LogP contribution in [0, 0.1) is 17.5 Å². The summed E-state index contributed by atoms with van der Waals surface area (Å²) in [7, 11) is 0. The summed E-state index contributed by atoms with van der Waals surface area (Å²) < 4.78 is 46.9. The van der Waals surface area contributed by atoms with Gasteiger partial charge in [-0.05, 0) is 31.5 Å². The number of aliphatic imine (C=N–C) groups is 1. The third kappa shape index (κ3) is 6.30. The minimum absolute atomic E-state index is 0.0575. The molecule has 3 rings (SSSR count). The predicted molar refractivity (Wildman–Crippen MR) is 124 cm³/mol. The number of anilines is 1. The number of aromatic nitrogens is 1. The van der Waals surface area contributed by atoms with Gasteiger partial charge in [0.25, 0.3) is 0 Å². The lowest BCUT2D eigenvalue weighted by Gasteiger charge is -2.19. The van der Waals surface area contributed by atoms with Gasteiger partial charge in [-0.2, -0.15) is 0 Å². The molecule has 0 spiro atoms. The van der Waals surface area contributed by atoms with Gasteiger partial charge < -0.3 is 20.1 Å². The lowest BCUT2D eigenvalue weighted by molar-refractivity contribution is -0.137. The van der Waals surface area contributed by atoms with Crippen LogP contribution in [-0.4, -0.2) is 53.9 Å². The van der Waals surface area contributed by atoms with Crippen LogP contribution < -0.4 is 10.2 Å². The maximum absolute atomic E-state index is 15.0. The number of carbonyl (C=O) groups excluding carboxylic acids is 2. The van der Waals surface area contributed by atoms with Crippen molar-refractivity contribution >= 4 is 47.0 Å². The summed E-state index contributed by atoms with van der Waals surface area (Å²) >= 11 is 6.21. The molecular formula is C23H22ClF3N4O4. The number of benzene rings is 1. The van der Waals surface area contributed by atoms with Crippen LogP contribution in [0.1, 0.15) is 25.8 Å². The van der Waals surface area contributed by atoms with Crippen LogP contribution >= 0.6 is 11.6 Å². The van der Waals surface area contributed by atoms with E-state index in [1.54, 1.807) is 4.90 Å². The first-order valence-corrected chi connectivity index (χ1v) is 11.0. The minimum Gasteiger partial charge on any atom is -0.506 e. The first-order valence-electron chi connectivity index (χ1n) is 10.6. The van der Waals surface area contributed by atoms with Crippen molar-refractivity contribution in [2.45, 2.75) is 26.3 Å². The number of halogens is 4. The van der Waals surface area contributed by atoms with E-state index in [-0.39, 0.29) is 40.8 Å². The average molecular weight is 511 g/mol. The van der Waals surface area contributed by atoms with E-state index in [9.17, 15) is 27.9 Å². The van der Waals surface area contributed by atoms with Crippen molar-refractivity contribution in [1.82, 2.24) is 10.3 Å². The van der Waals surface area contributed by atoms with Crippen LogP contribution in [-0.2, 0) is 14.3 Å². The van der Waals surface area contributed by atoms with Gasteiger partial charge in [0.2, 0.25) is 5.91 Å². The number of hydrogen-bond donors (Lipinski definition) is 2. The number of amides is 1. The minimum atomic E-state index is -1.03. The van der Waals surface area contributed by atoms with Crippen LogP contribution in [0.5, 0.6) is 0 Å². The monoisotopic (exact) mass is 510 g/mol. The van der Waals surface area contributed by atoms with Crippen molar-refractivity contribution in [1.29, 1.82) is 0 Å². The number of carbonyl (C=O) groups is 2. The molecule has 1 fully saturated rings. The van der Waals surface area contributed by atoms with Gasteiger partial charge in [0.15, 0.2) is 17.5 Å². The van der Waals surface area contributed by atoms with E-state index in [1.807, 2.05) is 0 Å². The van der Waals surface area contributed by atoms with Crippen molar-refractivity contribution in [3.05, 3.63) is 58.0 Å². The maximum atomic E-state index is 15.0. The summed E-state index contributed by atoms with van der Waals surface area (Å²) in [4.78, 5) is 33.1. The summed E-state index contributed by atoms with van der Waals surface area (Å²) in [5.41, 5.74) is -1.17. The zero-order valence-corrected chi connectivity index (χ0v) is 19.6. The molecule has 186 valence electrons. The molecule has 1 aliphatic heterocycles. The Balaban J connectivity index is 1.97. The van der Waals surface area contributed by atoms with E-state index < -0.39 is 34.8 Å². The molecule has 1 unspecified atom stereocenters. The van der Waals surface area contributed by atoms with Gasteiger partial charge in [0.05, 0.1) is 17.9 Å². The number of aliphatic hydroxyl groups excluding tert-OH is 1. The molecule has 0 saturated carbocycles. The summed E-state index contributed by atoms with van der Waals surface area (Å²) in [6.07, 6.45) is 1.39. The first kappa shape index (κ1) is 26.0. The van der Waals surface area contributed by atoms with Gasteiger partial charge >= 0.3 is 5.97 Å². The second kappa shape index (κ2) is 11.2. The molecule has 0 bridgehead atoms. The van der Waals surface area contributed by atoms with Gasteiger partial charge in [-0.15, -0.1) is 0 Å². The number of hydrogen-bond acceptors (Lipinski definition) is 7. The summed E-state index contributed by atoms with van der Waals surface area (Å²) in [6.45, 7) is 3.58. The Morgan fingerprint density at radius 1 is 1.31 bits per heavy atom. The number of esters is 1. The fourth-order valence-electron chi connectivity index (χ4n) is 3.49. The first-order chi connectivity index (χ1) is 16.6. The second-order valence-electron chi connectivity index (χ2n) is 7.60. The fraction of sp³-hybridized carbons (Fsp3) is 0.304. The molecule has 1 aromatic heterocycles. The molecule has 2 N–H and O–H groups in total. The topological polar surface area (TPSA) is 104 Å². The zero-order valence-electron chi connectivity index (χ0n) is 18.8. The highest BCUT2D eigenvalue weighted by atomic mass is 35.5. The molecule has 35 heavy (non-hydrogen) atoms. The average Bonchev–Trinajstić information content (AvgIpc) is 3.24. The number of nitrogens with one attached hydrogen (secondary N) is 1. The lowest BCUT2D eigenvalue weighted by Crippen LogP contribution is -2.35. The SMILES string of the molecule is CCOC(=O)C(C=Nc1ccc(F)cc1F)=C(O)c1cc(F)c(N2CCC(NC(C)=O)C2)nc1Cl. The Morgan fingerprint density at radius 2 is 2.06 bits per heavy atom. The number of ether oxygens (including phenoxy) is 1. The van der Waals surface area contributed by atoms with Gasteiger partial charge in [-0.3, -0.25) is 9.79 Å². The van der Waals surface area contributed by atoms with Crippen molar-refractivity contribution in [2.75, 3.05) is 24.6 Å². The third-order valence-corrected chi connectivity index (χ3v) is 5.34. The number of pyridine rings is 1. The van der Waals surface area contributed by atoms with Gasteiger partial charge in [-0.1, -0.05) is 11.6 Å². The van der Waals surface area contributed by atoms with Crippen molar-refractivity contribution in [3.63, 3.8) is 0 Å². The third-order valence-electron chi connectivity index (χ3n) is 5.05. The van der Waals surface area contributed by atoms with Crippen LogP contribution in [0.2, 0.25) is 5.15 Å². The summed E-state index contributed by atoms with van der Waals surface area (Å²) in [6, 6.07) is 3.32. The Bertz CT molecular complexity index is 1210. The predicted octanol–water partition coefficient (Wildman–Crippen LogP) is 4.10. The molecule has 1 saturated heterocycles. The van der Waals surface area contributed by atoms with E-state index in [2.05, 4.69) is 15.3 Å². The molecule has 1 aliphatic rings. The molecule has 2 heterocycles. The van der Waals surface area contributed by atoms with Crippen LogP contribution in [0.15, 0.2) is 34.8 Å². The Hall–Kier alpha value is -3.60. The van der Waals surface area contributed by atoms with Crippen LogP contribution in [0.3, 0.4) is 0 Å². The van der Waals surface area contributed by atoms with Crippen LogP contribution in [0.25, 0.3) is 5.76 Å². The highest BCUT2D eigenvalue weighted by Crippen LogP contribution is 2.30. The quantitative estimate of drug-likeness (QED) is 0.191. The lowest BCUT2D eigenvalue weighted by atomic mass is 10.1. The largest absolute Gasteiger partial charge is 0.506 e. The Labute approximate surface area is 204 Å². The molecular weight excluding hydrogens is 489 g/mol. The van der Waals surface area contributed by atoms with E-state index in [0.29, 0.717) is 25.6 Å². The van der Waals surface area contributed by atoms with Gasteiger partial charge in [-0.25, -0.2) is 22.9 Å². The summed E-state index contributed by atoms with van der Waals surface area (Å²) in [5, 5.41) is 13.2. The smallest absolute Gasteiger partial charge is 0.343 e. The zero-order chi connectivity index (χ0) is 25.7. The van der Waals surface area contributed by atoms with Crippen molar-refractivity contribution in [2.24, 2.45) is 4.99 Å². The second-order valence-corrected chi connectivity index (χ2v) is 7.96. The molecule has 2 aromatic rings. The Kier molecular flexibility index (Phi) is 8.34. The standard InChI is InChI=1S/C23H22ClF3N4O4/c1-3-35-23(34)16(10-28-19-5-4-13(25)8-17(19)26)20(33)15-9-18(27)22(30-21(15)24)31-7-6-14(11-31)29-12(2)32/h4-5,8-10,14,33H,3,6-7,11H2,1-2H3,(H,29,32). The fourth-order valence-corrected chi connectivity index (χ4v) is 3.71. The maximum Gasteiger partial charge on any atom is 0.343 e. The van der Waals surface area contributed by atoms with Gasteiger partial charge in [0, 0.05) is 38.3 Å². The molecule has 12 heteroatoms. The molecule has 0 radical (unpaired) electrons. The van der Waals surface area contributed by atoms with Crippen molar-refractivity contribution < 1.29 is 32.6 Å². The number of nitrogens with zero attached hydrogens (tertiary/aromatic N) is 3. The summed E-state index contributed by atoms with van der Waals surface area (Å²) in [5.74, 6) is -4.77. The van der Waals surface area contributed by atoms with E-state index in [0.717, 1.165) is 24.4 Å². The highest BCUT2D eigenvalue weighted by molar-refractivity contribution is 6.31. The molecule has 0 aliphatic carbocycles.